The van der Waals surface area contributed by atoms with E-state index in [1.807, 2.05) is 9.80 Å². The van der Waals surface area contributed by atoms with Crippen LogP contribution in [0.5, 0.6) is 0 Å². The molecule has 0 aliphatic carbocycles. The van der Waals surface area contributed by atoms with Gasteiger partial charge in [-0.3, -0.25) is 14.5 Å². The molecule has 7 nitrogen and oxygen atoms in total. The first-order chi connectivity index (χ1) is 15.3. The van der Waals surface area contributed by atoms with Crippen LogP contribution in [0.15, 0.2) is 18.2 Å². The fourth-order valence-electron chi connectivity index (χ4n) is 4.90. The third-order valence-corrected chi connectivity index (χ3v) is 6.97. The molecule has 4 amide bonds. The first kappa shape index (κ1) is 22.6. The molecule has 1 N–H and O–H groups in total. The largest absolute Gasteiger partial charge is 0.342 e. The highest BCUT2D eigenvalue weighted by Gasteiger charge is 2.49. The Bertz CT molecular complexity index is 895. The van der Waals surface area contributed by atoms with Crippen LogP contribution >= 0.6 is 0 Å². The minimum Gasteiger partial charge on any atom is -0.342 e. The molecular formula is C23H30F2N4O3. The van der Waals surface area contributed by atoms with Crippen molar-refractivity contribution in [2.75, 3.05) is 32.8 Å². The van der Waals surface area contributed by atoms with Crippen LogP contribution in [0.2, 0.25) is 0 Å². The quantitative estimate of drug-likeness (QED) is 0.719. The van der Waals surface area contributed by atoms with Crippen molar-refractivity contribution in [3.63, 3.8) is 0 Å². The number of nitrogens with one attached hydrogen (secondary N) is 1. The highest BCUT2D eigenvalue weighted by molar-refractivity contribution is 6.07. The number of imide groups is 1. The van der Waals surface area contributed by atoms with E-state index in [0.717, 1.165) is 43.0 Å². The monoisotopic (exact) mass is 448 g/mol. The van der Waals surface area contributed by atoms with Crippen molar-refractivity contribution in [3.8, 4) is 0 Å². The summed E-state index contributed by atoms with van der Waals surface area (Å²) in [5.41, 5.74) is -1.26. The predicted molar refractivity (Wildman–Crippen MR) is 113 cm³/mol. The Hall–Kier alpha value is -2.55. The van der Waals surface area contributed by atoms with Gasteiger partial charge in [-0.1, -0.05) is 18.9 Å². The SMILES string of the molecule is C[C@]1(c2ccc(F)c(F)c2)NC(=O)N(CN2CCC(C(=O)N3CCCCCC3)CC2)C1=O. The Morgan fingerprint density at radius 1 is 1.03 bits per heavy atom. The molecule has 32 heavy (non-hydrogen) atoms. The van der Waals surface area contributed by atoms with Crippen LogP contribution in [0.25, 0.3) is 0 Å². The van der Waals surface area contributed by atoms with Crippen molar-refractivity contribution in [3.05, 3.63) is 35.4 Å². The number of carbonyl (C=O) groups excluding carboxylic acids is 3. The third-order valence-electron chi connectivity index (χ3n) is 6.97. The van der Waals surface area contributed by atoms with Gasteiger partial charge in [-0.05, 0) is 50.3 Å². The molecule has 1 aromatic rings. The van der Waals surface area contributed by atoms with Gasteiger partial charge in [0.25, 0.3) is 5.91 Å². The number of nitrogens with zero attached hydrogens (tertiary/aromatic N) is 3. The van der Waals surface area contributed by atoms with Crippen molar-refractivity contribution in [1.29, 1.82) is 0 Å². The molecule has 3 fully saturated rings. The lowest BCUT2D eigenvalue weighted by atomic mass is 9.92. The van der Waals surface area contributed by atoms with Crippen LogP contribution in [0.4, 0.5) is 13.6 Å². The normalized spacial score (nSPS) is 25.7. The number of likely N-dealkylation sites (tertiary alicyclic amines) is 2. The van der Waals surface area contributed by atoms with E-state index in [0.29, 0.717) is 25.9 Å². The summed E-state index contributed by atoms with van der Waals surface area (Å²) in [5, 5.41) is 2.62. The molecule has 4 rings (SSSR count). The van der Waals surface area contributed by atoms with Gasteiger partial charge < -0.3 is 10.2 Å². The average Bonchev–Trinajstić information content (AvgIpc) is 2.98. The molecule has 3 aliphatic rings. The Labute approximate surface area is 186 Å². The topological polar surface area (TPSA) is 73.0 Å². The highest BCUT2D eigenvalue weighted by atomic mass is 19.2. The second-order valence-corrected chi connectivity index (χ2v) is 9.19. The van der Waals surface area contributed by atoms with E-state index >= 15 is 0 Å². The summed E-state index contributed by atoms with van der Waals surface area (Å²) in [6, 6.07) is 2.63. The van der Waals surface area contributed by atoms with Gasteiger partial charge in [0.2, 0.25) is 5.91 Å². The van der Waals surface area contributed by atoms with Gasteiger partial charge in [-0.25, -0.2) is 18.5 Å². The van der Waals surface area contributed by atoms with Crippen molar-refractivity contribution in [2.24, 2.45) is 5.92 Å². The summed E-state index contributed by atoms with van der Waals surface area (Å²) < 4.78 is 27.0. The number of urea groups is 1. The zero-order valence-electron chi connectivity index (χ0n) is 18.4. The van der Waals surface area contributed by atoms with E-state index in [9.17, 15) is 23.2 Å². The van der Waals surface area contributed by atoms with Crippen molar-refractivity contribution in [1.82, 2.24) is 20.0 Å². The molecule has 1 aromatic carbocycles. The van der Waals surface area contributed by atoms with E-state index in [2.05, 4.69) is 5.32 Å². The number of piperidine rings is 1. The van der Waals surface area contributed by atoms with Gasteiger partial charge >= 0.3 is 6.03 Å². The first-order valence-corrected chi connectivity index (χ1v) is 11.4. The molecule has 1 atom stereocenters. The molecule has 0 spiro atoms. The van der Waals surface area contributed by atoms with E-state index in [1.165, 1.54) is 25.8 Å². The van der Waals surface area contributed by atoms with Crippen LogP contribution in [0, 0.1) is 17.6 Å². The van der Waals surface area contributed by atoms with E-state index in [1.54, 1.807) is 0 Å². The van der Waals surface area contributed by atoms with Crippen LogP contribution in [0.3, 0.4) is 0 Å². The predicted octanol–water partition coefficient (Wildman–Crippen LogP) is 2.80. The fraction of sp³-hybridized carbons (Fsp3) is 0.609. The zero-order chi connectivity index (χ0) is 22.9. The summed E-state index contributed by atoms with van der Waals surface area (Å²) in [6.07, 6.45) is 5.87. The lowest BCUT2D eigenvalue weighted by Gasteiger charge is -2.35. The summed E-state index contributed by atoms with van der Waals surface area (Å²) in [5.74, 6) is -2.37. The summed E-state index contributed by atoms with van der Waals surface area (Å²) in [7, 11) is 0. The molecule has 3 saturated heterocycles. The molecule has 9 heteroatoms. The molecule has 3 aliphatic heterocycles. The Morgan fingerprint density at radius 3 is 2.31 bits per heavy atom. The summed E-state index contributed by atoms with van der Waals surface area (Å²) in [6.45, 7) is 4.50. The lowest BCUT2D eigenvalue weighted by Crippen LogP contribution is -2.48. The van der Waals surface area contributed by atoms with Crippen LogP contribution in [0.1, 0.15) is 51.0 Å². The minimum atomic E-state index is -1.45. The maximum Gasteiger partial charge on any atom is 0.326 e. The second-order valence-electron chi connectivity index (χ2n) is 9.19. The Kier molecular flexibility index (Phi) is 6.46. The van der Waals surface area contributed by atoms with Crippen LogP contribution in [-0.2, 0) is 15.1 Å². The molecular weight excluding hydrogens is 418 g/mol. The van der Waals surface area contributed by atoms with Crippen molar-refractivity contribution in [2.45, 2.75) is 51.0 Å². The van der Waals surface area contributed by atoms with Crippen molar-refractivity contribution < 1.29 is 23.2 Å². The van der Waals surface area contributed by atoms with Gasteiger partial charge in [0, 0.05) is 32.1 Å². The van der Waals surface area contributed by atoms with Gasteiger partial charge in [-0.15, -0.1) is 0 Å². The lowest BCUT2D eigenvalue weighted by molar-refractivity contribution is -0.138. The maximum atomic E-state index is 13.7. The second kappa shape index (κ2) is 9.13. The third kappa shape index (κ3) is 4.35. The van der Waals surface area contributed by atoms with Gasteiger partial charge in [0.15, 0.2) is 11.6 Å². The smallest absolute Gasteiger partial charge is 0.326 e. The summed E-state index contributed by atoms with van der Waals surface area (Å²) in [4.78, 5) is 43.6. The Balaban J connectivity index is 1.35. The van der Waals surface area contributed by atoms with Gasteiger partial charge in [0.05, 0.1) is 6.67 Å². The molecule has 0 unspecified atom stereocenters. The van der Waals surface area contributed by atoms with E-state index in [-0.39, 0.29) is 24.1 Å². The van der Waals surface area contributed by atoms with Crippen LogP contribution < -0.4 is 5.32 Å². The van der Waals surface area contributed by atoms with E-state index in [4.69, 9.17) is 0 Å². The number of amides is 4. The summed E-state index contributed by atoms with van der Waals surface area (Å²) >= 11 is 0. The zero-order valence-corrected chi connectivity index (χ0v) is 18.4. The van der Waals surface area contributed by atoms with Crippen LogP contribution in [-0.4, -0.2) is 65.4 Å². The number of benzene rings is 1. The fourth-order valence-corrected chi connectivity index (χ4v) is 4.90. The molecule has 3 heterocycles. The standard InChI is InChI=1S/C23H30F2N4O3/c1-23(17-6-7-18(24)19(25)14-17)21(31)29(22(32)26-23)15-27-12-8-16(9-13-27)20(30)28-10-4-2-3-5-11-28/h6-7,14,16H,2-5,8-13,15H2,1H3,(H,26,32)/t23-/m1/s1. The molecule has 0 bridgehead atoms. The first-order valence-electron chi connectivity index (χ1n) is 11.4. The Morgan fingerprint density at radius 2 is 1.69 bits per heavy atom. The number of carbonyl (C=O) groups is 3. The maximum absolute atomic E-state index is 13.7. The minimum absolute atomic E-state index is 0.0140. The number of hydrogen-bond acceptors (Lipinski definition) is 4. The number of halogens is 2. The molecule has 0 radical (unpaired) electrons. The average molecular weight is 449 g/mol. The van der Waals surface area contributed by atoms with E-state index < -0.39 is 29.1 Å². The molecule has 174 valence electrons. The van der Waals surface area contributed by atoms with Gasteiger partial charge in [-0.2, -0.15) is 0 Å². The van der Waals surface area contributed by atoms with Crippen molar-refractivity contribution >= 4 is 17.8 Å². The number of rotatable bonds is 4. The van der Waals surface area contributed by atoms with Gasteiger partial charge in [0.1, 0.15) is 5.54 Å². The number of hydrogen-bond donors (Lipinski definition) is 1. The molecule has 0 saturated carbocycles. The molecule has 0 aromatic heterocycles. The highest BCUT2D eigenvalue weighted by Crippen LogP contribution is 2.30.